The zero-order valence-electron chi connectivity index (χ0n) is 10.2. The number of nitrogens with zero attached hydrogens (tertiary/aromatic N) is 2. The normalized spacial score (nSPS) is 10.3. The van der Waals surface area contributed by atoms with Gasteiger partial charge in [-0.2, -0.15) is 5.26 Å². The van der Waals surface area contributed by atoms with Crippen molar-refractivity contribution < 1.29 is 9.21 Å². The topological polar surface area (TPSA) is 66.9 Å². The van der Waals surface area contributed by atoms with Crippen molar-refractivity contribution in [3.8, 4) is 6.07 Å². The van der Waals surface area contributed by atoms with E-state index in [-0.39, 0.29) is 5.12 Å². The van der Waals surface area contributed by atoms with E-state index >= 15 is 0 Å². The summed E-state index contributed by atoms with van der Waals surface area (Å²) in [7, 11) is 0. The van der Waals surface area contributed by atoms with Crippen molar-refractivity contribution in [2.45, 2.75) is 5.22 Å². The first-order valence-electron chi connectivity index (χ1n) is 5.84. The van der Waals surface area contributed by atoms with Crippen molar-refractivity contribution in [2.75, 3.05) is 0 Å². The van der Waals surface area contributed by atoms with E-state index in [0.717, 1.165) is 17.3 Å². The number of carbonyl (C=O) groups is 1. The van der Waals surface area contributed by atoms with Crippen LogP contribution in [0.3, 0.4) is 0 Å². The van der Waals surface area contributed by atoms with Crippen LogP contribution in [0.15, 0.2) is 58.2 Å². The van der Waals surface area contributed by atoms with E-state index in [4.69, 9.17) is 9.68 Å². The van der Waals surface area contributed by atoms with Gasteiger partial charge in [-0.1, -0.05) is 12.1 Å². The molecular formula is C15H8N2O2S. The van der Waals surface area contributed by atoms with Crippen molar-refractivity contribution in [3.63, 3.8) is 0 Å². The van der Waals surface area contributed by atoms with Gasteiger partial charge in [0.25, 0.3) is 5.22 Å². The Bertz CT molecular complexity index is 783. The molecule has 0 spiro atoms. The maximum Gasteiger partial charge on any atom is 0.264 e. The van der Waals surface area contributed by atoms with Crippen molar-refractivity contribution in [1.29, 1.82) is 5.26 Å². The average molecular weight is 280 g/mol. The minimum atomic E-state index is -0.166. The molecule has 1 heterocycles. The fourth-order valence-corrected chi connectivity index (χ4v) is 2.40. The van der Waals surface area contributed by atoms with Gasteiger partial charge in [0.15, 0.2) is 5.58 Å². The van der Waals surface area contributed by atoms with Crippen LogP contribution in [0.4, 0.5) is 0 Å². The van der Waals surface area contributed by atoms with Crippen LogP contribution in [0.5, 0.6) is 0 Å². The third kappa shape index (κ3) is 2.42. The van der Waals surface area contributed by atoms with E-state index in [0.29, 0.717) is 21.9 Å². The molecule has 0 saturated heterocycles. The number of oxazole rings is 1. The lowest BCUT2D eigenvalue weighted by atomic mass is 10.2. The van der Waals surface area contributed by atoms with Gasteiger partial charge in [-0.3, -0.25) is 4.79 Å². The van der Waals surface area contributed by atoms with E-state index in [9.17, 15) is 4.79 Å². The minimum absolute atomic E-state index is 0.166. The molecule has 0 atom stereocenters. The second-order valence-electron chi connectivity index (χ2n) is 4.03. The highest BCUT2D eigenvalue weighted by Crippen LogP contribution is 2.26. The van der Waals surface area contributed by atoms with Gasteiger partial charge in [0.05, 0.1) is 11.6 Å². The molecule has 5 heteroatoms. The zero-order valence-corrected chi connectivity index (χ0v) is 11.1. The van der Waals surface area contributed by atoms with E-state index in [1.807, 2.05) is 24.3 Å². The zero-order chi connectivity index (χ0) is 13.9. The summed E-state index contributed by atoms with van der Waals surface area (Å²) in [6, 6.07) is 15.8. The van der Waals surface area contributed by atoms with Crippen molar-refractivity contribution >= 4 is 28.0 Å². The molecule has 0 aliphatic rings. The Balaban J connectivity index is 1.82. The number of hydrogen-bond acceptors (Lipinski definition) is 5. The molecule has 0 aliphatic carbocycles. The van der Waals surface area contributed by atoms with Gasteiger partial charge in [-0.25, -0.2) is 4.98 Å². The number of nitriles is 1. The minimum Gasteiger partial charge on any atom is -0.431 e. The highest BCUT2D eigenvalue weighted by molar-refractivity contribution is 8.14. The Morgan fingerprint density at radius 3 is 2.60 bits per heavy atom. The number of aromatic nitrogens is 1. The standard InChI is InChI=1S/C15H8N2O2S/c16-9-10-5-7-11(8-6-10)14(18)20-15-17-12-3-1-2-4-13(12)19-15/h1-8H. The number of fused-ring (bicyclic) bond motifs is 1. The second-order valence-corrected chi connectivity index (χ2v) is 4.95. The molecule has 3 aromatic rings. The van der Waals surface area contributed by atoms with Gasteiger partial charge in [-0.15, -0.1) is 0 Å². The lowest BCUT2D eigenvalue weighted by Crippen LogP contribution is -1.93. The smallest absolute Gasteiger partial charge is 0.264 e. The number of thioether (sulfide) groups is 1. The van der Waals surface area contributed by atoms with Crippen molar-refractivity contribution in [1.82, 2.24) is 4.98 Å². The fourth-order valence-electron chi connectivity index (χ4n) is 1.71. The molecule has 0 amide bonds. The molecule has 20 heavy (non-hydrogen) atoms. The fraction of sp³-hybridized carbons (Fsp3) is 0. The lowest BCUT2D eigenvalue weighted by Gasteiger charge is -1.97. The quantitative estimate of drug-likeness (QED) is 0.670. The van der Waals surface area contributed by atoms with E-state index in [1.165, 1.54) is 0 Å². The summed E-state index contributed by atoms with van der Waals surface area (Å²) in [5.41, 5.74) is 2.41. The maximum atomic E-state index is 12.1. The molecule has 96 valence electrons. The van der Waals surface area contributed by atoms with Crippen LogP contribution in [0.25, 0.3) is 11.1 Å². The SMILES string of the molecule is N#Cc1ccc(C(=O)Sc2nc3ccccc3o2)cc1. The monoisotopic (exact) mass is 280 g/mol. The van der Waals surface area contributed by atoms with Crippen LogP contribution in [0.1, 0.15) is 15.9 Å². The predicted octanol–water partition coefficient (Wildman–Crippen LogP) is 3.63. The van der Waals surface area contributed by atoms with Crippen LogP contribution in [0.2, 0.25) is 0 Å². The number of carbonyl (C=O) groups excluding carboxylic acids is 1. The van der Waals surface area contributed by atoms with E-state index in [2.05, 4.69) is 4.98 Å². The predicted molar refractivity (Wildman–Crippen MR) is 75.4 cm³/mol. The Kier molecular flexibility index (Phi) is 3.23. The van der Waals surface area contributed by atoms with Gasteiger partial charge < -0.3 is 4.42 Å². The lowest BCUT2D eigenvalue weighted by molar-refractivity contribution is 0.108. The Morgan fingerprint density at radius 1 is 1.15 bits per heavy atom. The first-order chi connectivity index (χ1) is 9.76. The number of hydrogen-bond donors (Lipinski definition) is 0. The Hall–Kier alpha value is -2.58. The van der Waals surface area contributed by atoms with Crippen molar-refractivity contribution in [2.24, 2.45) is 0 Å². The molecule has 0 unspecified atom stereocenters. The summed E-state index contributed by atoms with van der Waals surface area (Å²) in [5, 5.41) is 8.87. The Labute approximate surface area is 119 Å². The largest absolute Gasteiger partial charge is 0.431 e. The van der Waals surface area contributed by atoms with Crippen LogP contribution < -0.4 is 0 Å². The Morgan fingerprint density at radius 2 is 1.90 bits per heavy atom. The van der Waals surface area contributed by atoms with E-state index in [1.54, 1.807) is 30.3 Å². The van der Waals surface area contributed by atoms with Crippen LogP contribution in [0, 0.1) is 11.3 Å². The molecule has 0 fully saturated rings. The molecule has 0 radical (unpaired) electrons. The highest BCUT2D eigenvalue weighted by Gasteiger charge is 2.13. The summed E-state index contributed by atoms with van der Waals surface area (Å²) in [6.07, 6.45) is 0. The molecule has 4 nitrogen and oxygen atoms in total. The van der Waals surface area contributed by atoms with Gasteiger partial charge in [0.1, 0.15) is 5.52 Å². The van der Waals surface area contributed by atoms with Crippen molar-refractivity contribution in [3.05, 3.63) is 59.7 Å². The molecule has 0 N–H and O–H groups in total. The summed E-state index contributed by atoms with van der Waals surface area (Å²) in [6.45, 7) is 0. The molecule has 1 aromatic heterocycles. The molecule has 2 aromatic carbocycles. The van der Waals surface area contributed by atoms with Gasteiger partial charge >= 0.3 is 0 Å². The molecule has 0 bridgehead atoms. The highest BCUT2D eigenvalue weighted by atomic mass is 32.2. The van der Waals surface area contributed by atoms with Gasteiger partial charge in [0.2, 0.25) is 5.12 Å². The van der Waals surface area contributed by atoms with Crippen LogP contribution >= 0.6 is 11.8 Å². The average Bonchev–Trinajstić information content (AvgIpc) is 2.89. The summed E-state index contributed by atoms with van der Waals surface area (Å²) >= 11 is 0.936. The second kappa shape index (κ2) is 5.19. The molecule has 3 rings (SSSR count). The third-order valence-corrected chi connectivity index (χ3v) is 3.47. The van der Waals surface area contributed by atoms with E-state index < -0.39 is 0 Å². The molecule has 0 aliphatic heterocycles. The molecular weight excluding hydrogens is 272 g/mol. The maximum absolute atomic E-state index is 12.1. The first-order valence-corrected chi connectivity index (χ1v) is 6.66. The summed E-state index contributed by atoms with van der Waals surface area (Å²) in [4.78, 5) is 16.3. The number of rotatable bonds is 2. The summed E-state index contributed by atoms with van der Waals surface area (Å²) in [5.74, 6) is 0. The van der Waals surface area contributed by atoms with Crippen LogP contribution in [-0.2, 0) is 0 Å². The third-order valence-electron chi connectivity index (χ3n) is 2.70. The van der Waals surface area contributed by atoms with Crippen LogP contribution in [-0.4, -0.2) is 10.1 Å². The number of para-hydroxylation sites is 2. The molecule has 0 saturated carbocycles. The van der Waals surface area contributed by atoms with Gasteiger partial charge in [0, 0.05) is 17.3 Å². The first kappa shape index (κ1) is 12.5. The van der Waals surface area contributed by atoms with Gasteiger partial charge in [-0.05, 0) is 36.4 Å². The number of benzene rings is 2. The summed E-state index contributed by atoms with van der Waals surface area (Å²) < 4.78 is 5.48.